The summed E-state index contributed by atoms with van der Waals surface area (Å²) in [5.41, 5.74) is 8.34. The molecule has 0 radical (unpaired) electrons. The zero-order chi connectivity index (χ0) is 13.4. The summed E-state index contributed by atoms with van der Waals surface area (Å²) in [5.74, 6) is -0.355. The smallest absolute Gasteiger partial charge is 0.149 e. The van der Waals surface area contributed by atoms with Gasteiger partial charge >= 0.3 is 0 Å². The van der Waals surface area contributed by atoms with Crippen molar-refractivity contribution in [1.82, 2.24) is 9.78 Å². The van der Waals surface area contributed by atoms with Crippen molar-refractivity contribution >= 4 is 11.6 Å². The number of nitrogens with zero attached hydrogens (tertiary/aromatic N) is 2. The molecule has 96 valence electrons. The molecular weight excluding hydrogens is 253 g/mol. The van der Waals surface area contributed by atoms with Gasteiger partial charge in [-0.3, -0.25) is 0 Å². The van der Waals surface area contributed by atoms with Crippen LogP contribution in [-0.4, -0.2) is 9.78 Å². The number of nitrogens with two attached hydrogens (primary N) is 1. The molecule has 0 unspecified atom stereocenters. The van der Waals surface area contributed by atoms with Gasteiger partial charge in [0.15, 0.2) is 0 Å². The van der Waals surface area contributed by atoms with E-state index >= 15 is 0 Å². The van der Waals surface area contributed by atoms with Gasteiger partial charge in [0, 0.05) is 6.04 Å². The van der Waals surface area contributed by atoms with Crippen LogP contribution in [0.1, 0.15) is 29.9 Å². The Morgan fingerprint density at radius 3 is 2.56 bits per heavy atom. The average Bonchev–Trinajstić information content (AvgIpc) is 2.56. The van der Waals surface area contributed by atoms with Crippen LogP contribution in [-0.2, 0) is 0 Å². The molecule has 2 aromatic rings. The van der Waals surface area contributed by atoms with Crippen LogP contribution in [0.5, 0.6) is 0 Å². The van der Waals surface area contributed by atoms with Crippen molar-refractivity contribution in [1.29, 1.82) is 0 Å². The van der Waals surface area contributed by atoms with E-state index in [1.807, 2.05) is 6.92 Å². The summed E-state index contributed by atoms with van der Waals surface area (Å²) >= 11 is 6.10. The number of halogens is 2. The van der Waals surface area contributed by atoms with Gasteiger partial charge in [-0.25, -0.2) is 9.07 Å². The van der Waals surface area contributed by atoms with Gasteiger partial charge in [0.25, 0.3) is 0 Å². The number of hydrogen-bond donors (Lipinski definition) is 1. The fourth-order valence-corrected chi connectivity index (χ4v) is 2.08. The minimum Gasteiger partial charge on any atom is -0.324 e. The molecule has 18 heavy (non-hydrogen) atoms. The number of para-hydroxylation sites is 1. The maximum atomic E-state index is 14.1. The third kappa shape index (κ3) is 2.02. The highest BCUT2D eigenvalue weighted by Crippen LogP contribution is 2.28. The van der Waals surface area contributed by atoms with E-state index in [4.69, 9.17) is 17.3 Å². The van der Waals surface area contributed by atoms with Crippen molar-refractivity contribution in [2.75, 3.05) is 0 Å². The number of aromatic nitrogens is 2. The van der Waals surface area contributed by atoms with Crippen LogP contribution in [0.15, 0.2) is 18.2 Å². The Bertz CT molecular complexity index is 590. The van der Waals surface area contributed by atoms with Gasteiger partial charge in [-0.05, 0) is 32.4 Å². The van der Waals surface area contributed by atoms with Crippen molar-refractivity contribution in [3.63, 3.8) is 0 Å². The molecule has 5 heteroatoms. The summed E-state index contributed by atoms with van der Waals surface area (Å²) in [6.45, 7) is 5.41. The first-order valence-electron chi connectivity index (χ1n) is 5.69. The fraction of sp³-hybridized carbons (Fsp3) is 0.308. The lowest BCUT2D eigenvalue weighted by molar-refractivity contribution is 0.599. The van der Waals surface area contributed by atoms with Gasteiger partial charge < -0.3 is 5.73 Å². The van der Waals surface area contributed by atoms with Crippen molar-refractivity contribution in [3.8, 4) is 5.69 Å². The molecule has 2 rings (SSSR count). The molecule has 0 saturated heterocycles. The third-order valence-electron chi connectivity index (χ3n) is 2.92. The quantitative estimate of drug-likeness (QED) is 0.907. The summed E-state index contributed by atoms with van der Waals surface area (Å²) in [6.07, 6.45) is 0. The highest BCUT2D eigenvalue weighted by molar-refractivity contribution is 6.31. The Hall–Kier alpha value is -1.39. The molecular formula is C13H15ClFN3. The molecule has 1 heterocycles. The predicted octanol–water partition coefficient (Wildman–Crippen LogP) is 3.30. The van der Waals surface area contributed by atoms with Gasteiger partial charge in [0.2, 0.25) is 0 Å². The van der Waals surface area contributed by atoms with Crippen LogP contribution in [0.25, 0.3) is 5.69 Å². The second-order valence-electron chi connectivity index (χ2n) is 4.36. The first-order chi connectivity index (χ1) is 8.43. The van der Waals surface area contributed by atoms with Crippen molar-refractivity contribution in [2.45, 2.75) is 26.8 Å². The predicted molar refractivity (Wildman–Crippen MR) is 70.6 cm³/mol. The maximum absolute atomic E-state index is 14.1. The minimum absolute atomic E-state index is 0.279. The summed E-state index contributed by atoms with van der Waals surface area (Å²) in [5, 5.41) is 4.82. The van der Waals surface area contributed by atoms with Gasteiger partial charge in [0.1, 0.15) is 11.5 Å². The fourth-order valence-electron chi connectivity index (χ4n) is 1.96. The van der Waals surface area contributed by atoms with Gasteiger partial charge in [-0.2, -0.15) is 5.10 Å². The molecule has 0 aliphatic carbocycles. The molecule has 0 spiro atoms. The molecule has 3 nitrogen and oxygen atoms in total. The van der Waals surface area contributed by atoms with Crippen LogP contribution >= 0.6 is 11.6 Å². The van der Waals surface area contributed by atoms with Gasteiger partial charge in [-0.15, -0.1) is 0 Å². The molecule has 1 atom stereocenters. The Morgan fingerprint density at radius 2 is 2.06 bits per heavy atom. The summed E-state index contributed by atoms with van der Waals surface area (Å²) in [4.78, 5) is 0. The second-order valence-corrected chi connectivity index (χ2v) is 4.74. The number of aryl methyl sites for hydroxylation is 1. The van der Waals surface area contributed by atoms with Crippen LogP contribution in [0, 0.1) is 19.7 Å². The first kappa shape index (κ1) is 13.1. The minimum atomic E-state index is -0.355. The summed E-state index contributed by atoms with van der Waals surface area (Å²) < 4.78 is 15.6. The first-order valence-corrected chi connectivity index (χ1v) is 6.07. The molecule has 0 aliphatic heterocycles. The lowest BCUT2D eigenvalue weighted by Gasteiger charge is -2.14. The molecule has 0 fully saturated rings. The van der Waals surface area contributed by atoms with Crippen molar-refractivity contribution in [2.24, 2.45) is 5.73 Å². The number of rotatable bonds is 2. The molecule has 0 saturated carbocycles. The van der Waals surface area contributed by atoms with Crippen LogP contribution in [0.2, 0.25) is 5.02 Å². The van der Waals surface area contributed by atoms with E-state index < -0.39 is 0 Å². The van der Waals surface area contributed by atoms with E-state index in [1.165, 1.54) is 10.7 Å². The lowest BCUT2D eigenvalue weighted by atomic mass is 10.1. The standard InChI is InChI=1S/C13H15ClFN3/c1-7(16)10-5-4-6-11(15)13(10)18-9(3)12(14)8(2)17-18/h4-7H,16H2,1-3H3/t7-/m0/s1. The number of benzene rings is 1. The van der Waals surface area contributed by atoms with E-state index in [0.717, 1.165) is 0 Å². The Morgan fingerprint density at radius 1 is 1.39 bits per heavy atom. The summed E-state index contributed by atoms with van der Waals surface area (Å²) in [7, 11) is 0. The van der Waals surface area contributed by atoms with E-state index in [1.54, 1.807) is 26.0 Å². The zero-order valence-electron chi connectivity index (χ0n) is 10.5. The molecule has 0 bridgehead atoms. The Balaban J connectivity index is 2.74. The zero-order valence-corrected chi connectivity index (χ0v) is 11.3. The third-order valence-corrected chi connectivity index (χ3v) is 3.47. The normalized spacial score (nSPS) is 12.8. The van der Waals surface area contributed by atoms with Crippen LogP contribution in [0.3, 0.4) is 0 Å². The lowest BCUT2D eigenvalue weighted by Crippen LogP contribution is -2.13. The van der Waals surface area contributed by atoms with Gasteiger partial charge in [0.05, 0.1) is 16.4 Å². The molecule has 2 N–H and O–H groups in total. The SMILES string of the molecule is Cc1nn(-c2c(F)cccc2[C@H](C)N)c(C)c1Cl. The van der Waals surface area contributed by atoms with E-state index in [-0.39, 0.29) is 11.9 Å². The molecule has 1 aromatic carbocycles. The summed E-state index contributed by atoms with van der Waals surface area (Å²) in [6, 6.07) is 4.56. The molecule has 0 amide bonds. The second kappa shape index (κ2) is 4.71. The molecule has 0 aliphatic rings. The van der Waals surface area contributed by atoms with Crippen LogP contribution in [0.4, 0.5) is 4.39 Å². The molecule has 1 aromatic heterocycles. The monoisotopic (exact) mass is 267 g/mol. The van der Waals surface area contributed by atoms with Crippen molar-refractivity contribution in [3.05, 3.63) is 46.0 Å². The topological polar surface area (TPSA) is 43.8 Å². The average molecular weight is 268 g/mol. The van der Waals surface area contributed by atoms with Crippen LogP contribution < -0.4 is 5.73 Å². The van der Waals surface area contributed by atoms with Gasteiger partial charge in [-0.1, -0.05) is 23.7 Å². The largest absolute Gasteiger partial charge is 0.324 e. The maximum Gasteiger partial charge on any atom is 0.149 e. The highest BCUT2D eigenvalue weighted by atomic mass is 35.5. The Labute approximate surface area is 110 Å². The van der Waals surface area contributed by atoms with E-state index in [0.29, 0.717) is 27.7 Å². The van der Waals surface area contributed by atoms with E-state index in [9.17, 15) is 4.39 Å². The highest BCUT2D eigenvalue weighted by Gasteiger charge is 2.18. The van der Waals surface area contributed by atoms with E-state index in [2.05, 4.69) is 5.10 Å². The Kier molecular flexibility index (Phi) is 3.41. The number of hydrogen-bond acceptors (Lipinski definition) is 2. The van der Waals surface area contributed by atoms with Crippen molar-refractivity contribution < 1.29 is 4.39 Å².